The van der Waals surface area contributed by atoms with Gasteiger partial charge in [0.2, 0.25) is 5.91 Å². The molecule has 0 radical (unpaired) electrons. The molecule has 2 heterocycles. The number of fused-ring (bicyclic) bond motifs is 1. The van der Waals surface area contributed by atoms with E-state index in [1.807, 2.05) is 0 Å². The molecule has 0 fully saturated rings. The zero-order valence-electron chi connectivity index (χ0n) is 12.8. The normalized spacial score (nSPS) is 11.5. The maximum Gasteiger partial charge on any atom is 0.332 e. The first-order valence-corrected chi connectivity index (χ1v) is 7.35. The van der Waals surface area contributed by atoms with E-state index in [9.17, 15) is 14.4 Å². The fourth-order valence-electron chi connectivity index (χ4n) is 2.30. The molecule has 0 aromatic carbocycles. The van der Waals surface area contributed by atoms with Crippen LogP contribution in [-0.2, 0) is 24.9 Å². The number of carbonyl (C=O) groups is 1. The molecule has 9 heteroatoms. The number of primary amides is 1. The molecule has 2 rings (SSSR count). The van der Waals surface area contributed by atoms with Gasteiger partial charge in [-0.05, 0) is 24.6 Å². The number of hydrogen-bond donors (Lipinski definition) is 2. The number of aromatic amines is 1. The third kappa shape index (κ3) is 2.76. The van der Waals surface area contributed by atoms with Crippen molar-refractivity contribution in [2.75, 3.05) is 0 Å². The van der Waals surface area contributed by atoms with Crippen LogP contribution in [0.1, 0.15) is 20.3 Å². The standard InChI is InChI=1S/C13H19N5O3S/c1-7(2)4-5-17-9-10(15-12(17)22)16(3)13(21)18(11(9)20)6-8(14)19/h7H,4-6H2,1-3H3,(H2,14,19)(H,15,22). The average Bonchev–Trinajstić information content (AvgIpc) is 2.75. The fraction of sp³-hybridized carbons (Fsp3) is 0.538. The van der Waals surface area contributed by atoms with E-state index in [0.29, 0.717) is 22.9 Å². The summed E-state index contributed by atoms with van der Waals surface area (Å²) in [6.07, 6.45) is 0.833. The van der Waals surface area contributed by atoms with E-state index >= 15 is 0 Å². The van der Waals surface area contributed by atoms with Crippen LogP contribution in [0.3, 0.4) is 0 Å². The Balaban J connectivity index is 2.79. The van der Waals surface area contributed by atoms with Gasteiger partial charge >= 0.3 is 5.69 Å². The smallest absolute Gasteiger partial charge is 0.332 e. The van der Waals surface area contributed by atoms with Crippen molar-refractivity contribution in [1.29, 1.82) is 0 Å². The van der Waals surface area contributed by atoms with Crippen LogP contribution in [0, 0.1) is 10.7 Å². The highest BCUT2D eigenvalue weighted by molar-refractivity contribution is 7.71. The van der Waals surface area contributed by atoms with Crippen molar-refractivity contribution in [3.63, 3.8) is 0 Å². The number of imidazole rings is 1. The molecular formula is C13H19N5O3S. The quantitative estimate of drug-likeness (QED) is 0.760. The van der Waals surface area contributed by atoms with Gasteiger partial charge in [-0.1, -0.05) is 13.8 Å². The maximum absolute atomic E-state index is 12.6. The lowest BCUT2D eigenvalue weighted by molar-refractivity contribution is -0.118. The van der Waals surface area contributed by atoms with Crippen LogP contribution in [0.4, 0.5) is 0 Å². The van der Waals surface area contributed by atoms with Crippen LogP contribution in [-0.4, -0.2) is 24.6 Å². The SMILES string of the molecule is CC(C)CCn1c(=S)[nH]c2c1c(=O)n(CC(N)=O)c(=O)n2C. The van der Waals surface area contributed by atoms with Gasteiger partial charge in [-0.3, -0.25) is 14.2 Å². The number of H-pyrrole nitrogens is 1. The van der Waals surface area contributed by atoms with Gasteiger partial charge < -0.3 is 15.3 Å². The highest BCUT2D eigenvalue weighted by Crippen LogP contribution is 2.11. The van der Waals surface area contributed by atoms with Gasteiger partial charge in [0, 0.05) is 13.6 Å². The van der Waals surface area contributed by atoms with E-state index in [0.717, 1.165) is 11.0 Å². The number of hydrogen-bond acceptors (Lipinski definition) is 4. The minimum absolute atomic E-state index is 0.286. The number of nitrogens with zero attached hydrogens (tertiary/aromatic N) is 3. The molecule has 0 aliphatic heterocycles. The molecule has 2 aromatic rings. The second-order valence-electron chi connectivity index (χ2n) is 5.66. The molecule has 0 aliphatic carbocycles. The van der Waals surface area contributed by atoms with Crippen molar-refractivity contribution in [2.24, 2.45) is 18.7 Å². The number of rotatable bonds is 5. The molecule has 0 saturated heterocycles. The number of carbonyl (C=O) groups excluding carboxylic acids is 1. The summed E-state index contributed by atoms with van der Waals surface area (Å²) in [5, 5.41) is 0. The summed E-state index contributed by atoms with van der Waals surface area (Å²) in [5.74, 6) is -0.311. The van der Waals surface area contributed by atoms with Gasteiger partial charge in [-0.2, -0.15) is 0 Å². The monoisotopic (exact) mass is 325 g/mol. The first-order chi connectivity index (χ1) is 10.2. The Hall–Kier alpha value is -2.16. The summed E-state index contributed by atoms with van der Waals surface area (Å²) < 4.78 is 4.14. The zero-order chi connectivity index (χ0) is 16.6. The Morgan fingerprint density at radius 2 is 1.95 bits per heavy atom. The third-order valence-corrected chi connectivity index (χ3v) is 3.83. The zero-order valence-corrected chi connectivity index (χ0v) is 13.6. The summed E-state index contributed by atoms with van der Waals surface area (Å²) in [6.45, 7) is 4.24. The summed E-state index contributed by atoms with van der Waals surface area (Å²) >= 11 is 5.25. The molecule has 0 saturated carbocycles. The molecule has 0 aliphatic rings. The predicted molar refractivity (Wildman–Crippen MR) is 85.3 cm³/mol. The summed E-state index contributed by atoms with van der Waals surface area (Å²) in [7, 11) is 1.51. The number of amides is 1. The number of aryl methyl sites for hydroxylation is 2. The van der Waals surface area contributed by atoms with Crippen molar-refractivity contribution in [3.05, 3.63) is 25.6 Å². The van der Waals surface area contributed by atoms with Crippen LogP contribution < -0.4 is 17.0 Å². The second-order valence-corrected chi connectivity index (χ2v) is 6.05. The number of nitrogens with one attached hydrogen (secondary N) is 1. The summed E-state index contributed by atoms with van der Waals surface area (Å²) in [6, 6.07) is 0. The van der Waals surface area contributed by atoms with E-state index < -0.39 is 23.7 Å². The van der Waals surface area contributed by atoms with Crippen molar-refractivity contribution in [2.45, 2.75) is 33.4 Å². The minimum Gasteiger partial charge on any atom is -0.368 e. The van der Waals surface area contributed by atoms with Crippen molar-refractivity contribution >= 4 is 29.3 Å². The molecule has 120 valence electrons. The molecule has 0 unspecified atom stereocenters. The summed E-state index contributed by atoms with van der Waals surface area (Å²) in [4.78, 5) is 38.7. The number of aromatic nitrogens is 4. The Morgan fingerprint density at radius 1 is 1.32 bits per heavy atom. The van der Waals surface area contributed by atoms with Crippen LogP contribution in [0.25, 0.3) is 11.2 Å². The Bertz CT molecular complexity index is 899. The topological polar surface area (TPSA) is 108 Å². The van der Waals surface area contributed by atoms with Gasteiger partial charge in [0.05, 0.1) is 0 Å². The lowest BCUT2D eigenvalue weighted by Crippen LogP contribution is -2.42. The van der Waals surface area contributed by atoms with Crippen LogP contribution in [0.2, 0.25) is 0 Å². The minimum atomic E-state index is -0.749. The molecule has 2 aromatic heterocycles. The van der Waals surface area contributed by atoms with Crippen LogP contribution >= 0.6 is 12.2 Å². The van der Waals surface area contributed by atoms with Gasteiger partial charge in [-0.25, -0.2) is 9.36 Å². The first kappa shape index (κ1) is 16.2. The summed E-state index contributed by atoms with van der Waals surface area (Å²) in [5.41, 5.74) is 4.58. The van der Waals surface area contributed by atoms with E-state index in [-0.39, 0.29) is 5.52 Å². The van der Waals surface area contributed by atoms with Crippen LogP contribution in [0.15, 0.2) is 9.59 Å². The third-order valence-electron chi connectivity index (χ3n) is 3.51. The van der Waals surface area contributed by atoms with Crippen molar-refractivity contribution in [1.82, 2.24) is 18.7 Å². The molecule has 0 spiro atoms. The predicted octanol–water partition coefficient (Wildman–Crippen LogP) is 0.0907. The Kier molecular flexibility index (Phi) is 4.36. The molecule has 0 atom stereocenters. The highest BCUT2D eigenvalue weighted by atomic mass is 32.1. The van der Waals surface area contributed by atoms with Gasteiger partial charge in [0.1, 0.15) is 12.2 Å². The molecule has 1 amide bonds. The molecular weight excluding hydrogens is 306 g/mol. The first-order valence-electron chi connectivity index (χ1n) is 6.94. The van der Waals surface area contributed by atoms with E-state index in [1.54, 1.807) is 4.57 Å². The molecule has 3 N–H and O–H groups in total. The average molecular weight is 325 g/mol. The largest absolute Gasteiger partial charge is 0.368 e. The maximum atomic E-state index is 12.6. The Labute approximate surface area is 131 Å². The lowest BCUT2D eigenvalue weighted by Gasteiger charge is -2.09. The van der Waals surface area contributed by atoms with E-state index in [2.05, 4.69) is 18.8 Å². The highest BCUT2D eigenvalue weighted by Gasteiger charge is 2.17. The van der Waals surface area contributed by atoms with E-state index in [4.69, 9.17) is 18.0 Å². The van der Waals surface area contributed by atoms with Crippen LogP contribution in [0.5, 0.6) is 0 Å². The fourth-order valence-corrected chi connectivity index (χ4v) is 2.58. The molecule has 8 nitrogen and oxygen atoms in total. The second kappa shape index (κ2) is 5.91. The lowest BCUT2D eigenvalue weighted by atomic mass is 10.1. The van der Waals surface area contributed by atoms with Crippen molar-refractivity contribution < 1.29 is 4.79 Å². The van der Waals surface area contributed by atoms with Crippen molar-refractivity contribution in [3.8, 4) is 0 Å². The molecule has 0 bridgehead atoms. The van der Waals surface area contributed by atoms with Gasteiger partial charge in [-0.15, -0.1) is 0 Å². The Morgan fingerprint density at radius 3 is 2.50 bits per heavy atom. The number of nitrogens with two attached hydrogens (primary N) is 1. The van der Waals surface area contributed by atoms with E-state index in [1.165, 1.54) is 11.6 Å². The van der Waals surface area contributed by atoms with Gasteiger partial charge in [0.25, 0.3) is 5.56 Å². The van der Waals surface area contributed by atoms with Gasteiger partial charge in [0.15, 0.2) is 10.3 Å². The molecule has 22 heavy (non-hydrogen) atoms.